The number of carbonyl (C=O) groups is 1. The molecule has 1 atom stereocenters. The summed E-state index contributed by atoms with van der Waals surface area (Å²) < 4.78 is 0. The number of hydrogen-bond donors (Lipinski definition) is 2. The van der Waals surface area contributed by atoms with E-state index < -0.39 is 10.9 Å². The van der Waals surface area contributed by atoms with Crippen LogP contribution in [0.25, 0.3) is 0 Å². The summed E-state index contributed by atoms with van der Waals surface area (Å²) in [7, 11) is 1.98. The van der Waals surface area contributed by atoms with Gasteiger partial charge in [-0.1, -0.05) is 6.07 Å². The lowest BCUT2D eigenvalue weighted by molar-refractivity contribution is -0.384. The number of likely N-dealkylation sites (N-methyl/N-ethyl adjacent to an activating group) is 1. The molecule has 1 aromatic carbocycles. The largest absolute Gasteiger partial charge is 0.478 e. The van der Waals surface area contributed by atoms with Crippen LogP contribution in [0.15, 0.2) is 18.2 Å². The van der Waals surface area contributed by atoms with Gasteiger partial charge >= 0.3 is 5.97 Å². The molecule has 1 unspecified atom stereocenters. The lowest BCUT2D eigenvalue weighted by Gasteiger charge is -2.31. The minimum atomic E-state index is -1.17. The summed E-state index contributed by atoms with van der Waals surface area (Å²) in [6, 6.07) is 4.11. The van der Waals surface area contributed by atoms with E-state index in [1.807, 2.05) is 7.05 Å². The van der Waals surface area contributed by atoms with Crippen LogP contribution in [0, 0.1) is 10.1 Å². The van der Waals surface area contributed by atoms with Crippen LogP contribution in [0.1, 0.15) is 23.2 Å². The SMILES string of the molecule is CN1CCCC(Nc2c(C(=O)O)cccc2[N+](=O)[O-])C1. The zero-order valence-electron chi connectivity index (χ0n) is 11.2. The molecule has 20 heavy (non-hydrogen) atoms. The number of likely N-dealkylation sites (tertiary alicyclic amines) is 1. The molecule has 1 saturated heterocycles. The average Bonchev–Trinajstić information content (AvgIpc) is 2.38. The summed E-state index contributed by atoms with van der Waals surface area (Å²) in [6.07, 6.45) is 1.85. The zero-order valence-corrected chi connectivity index (χ0v) is 11.2. The third-order valence-corrected chi connectivity index (χ3v) is 3.44. The van der Waals surface area contributed by atoms with Gasteiger partial charge in [-0.15, -0.1) is 0 Å². The predicted molar refractivity (Wildman–Crippen MR) is 74.2 cm³/mol. The summed E-state index contributed by atoms with van der Waals surface area (Å²) >= 11 is 0. The molecule has 108 valence electrons. The molecule has 1 aromatic rings. The number of benzene rings is 1. The molecule has 2 N–H and O–H groups in total. The van der Waals surface area contributed by atoms with E-state index in [4.69, 9.17) is 0 Å². The van der Waals surface area contributed by atoms with E-state index >= 15 is 0 Å². The van der Waals surface area contributed by atoms with E-state index in [1.165, 1.54) is 18.2 Å². The number of nitrogens with zero attached hydrogens (tertiary/aromatic N) is 2. The highest BCUT2D eigenvalue weighted by molar-refractivity contribution is 5.96. The van der Waals surface area contributed by atoms with Gasteiger partial charge in [-0.05, 0) is 32.5 Å². The monoisotopic (exact) mass is 279 g/mol. The van der Waals surface area contributed by atoms with Crippen LogP contribution < -0.4 is 5.32 Å². The maximum Gasteiger partial charge on any atom is 0.338 e. The molecule has 1 fully saturated rings. The van der Waals surface area contributed by atoms with Crippen molar-refractivity contribution in [3.05, 3.63) is 33.9 Å². The highest BCUT2D eigenvalue weighted by Crippen LogP contribution is 2.30. The van der Waals surface area contributed by atoms with Crippen LogP contribution in [-0.4, -0.2) is 47.1 Å². The first kappa shape index (κ1) is 14.3. The van der Waals surface area contributed by atoms with Crippen molar-refractivity contribution >= 4 is 17.3 Å². The maximum atomic E-state index is 11.2. The quantitative estimate of drug-likeness (QED) is 0.644. The molecular weight excluding hydrogens is 262 g/mol. The van der Waals surface area contributed by atoms with Crippen molar-refractivity contribution in [2.45, 2.75) is 18.9 Å². The minimum absolute atomic E-state index is 0.0212. The number of piperidine rings is 1. The molecule has 1 aliphatic heterocycles. The number of anilines is 1. The lowest BCUT2D eigenvalue weighted by Crippen LogP contribution is -2.40. The van der Waals surface area contributed by atoms with Gasteiger partial charge < -0.3 is 15.3 Å². The second-order valence-electron chi connectivity index (χ2n) is 5.01. The standard InChI is InChI=1S/C13H17N3O4/c1-15-7-3-4-9(8-15)14-12-10(13(17)18)5-2-6-11(12)16(19)20/h2,5-6,9,14H,3-4,7-8H2,1H3,(H,17,18). The summed E-state index contributed by atoms with van der Waals surface area (Å²) in [5.41, 5.74) is -0.157. The summed E-state index contributed by atoms with van der Waals surface area (Å²) in [4.78, 5) is 23.9. The second kappa shape index (κ2) is 5.87. The molecule has 0 saturated carbocycles. The number of para-hydroxylation sites is 1. The summed E-state index contributed by atoms with van der Waals surface area (Å²) in [5.74, 6) is -1.17. The topological polar surface area (TPSA) is 95.7 Å². The molecule has 7 heteroatoms. The fourth-order valence-corrected chi connectivity index (χ4v) is 2.51. The van der Waals surface area contributed by atoms with Crippen molar-refractivity contribution in [1.29, 1.82) is 0 Å². The van der Waals surface area contributed by atoms with Gasteiger partial charge in [0.25, 0.3) is 5.69 Å². The number of nitro benzene ring substituents is 1. The Labute approximate surface area is 116 Å². The van der Waals surface area contributed by atoms with Crippen molar-refractivity contribution in [3.8, 4) is 0 Å². The van der Waals surface area contributed by atoms with E-state index in [2.05, 4.69) is 10.2 Å². The van der Waals surface area contributed by atoms with Gasteiger partial charge in [-0.2, -0.15) is 0 Å². The fourth-order valence-electron chi connectivity index (χ4n) is 2.51. The second-order valence-corrected chi connectivity index (χ2v) is 5.01. The number of carboxylic acids is 1. The van der Waals surface area contributed by atoms with E-state index in [-0.39, 0.29) is 23.0 Å². The smallest absolute Gasteiger partial charge is 0.338 e. The molecule has 0 aliphatic carbocycles. The van der Waals surface area contributed by atoms with E-state index in [0.717, 1.165) is 25.9 Å². The molecule has 0 amide bonds. The van der Waals surface area contributed by atoms with Gasteiger partial charge in [0, 0.05) is 18.7 Å². The number of carboxylic acid groups (broad SMARTS) is 1. The number of aromatic carboxylic acids is 1. The van der Waals surface area contributed by atoms with Gasteiger partial charge in [0.1, 0.15) is 5.69 Å². The van der Waals surface area contributed by atoms with E-state index in [1.54, 1.807) is 0 Å². The highest BCUT2D eigenvalue weighted by Gasteiger charge is 2.25. The van der Waals surface area contributed by atoms with Gasteiger partial charge in [-0.3, -0.25) is 10.1 Å². The Hall–Kier alpha value is -2.15. The van der Waals surface area contributed by atoms with Crippen LogP contribution in [-0.2, 0) is 0 Å². The van der Waals surface area contributed by atoms with E-state index in [9.17, 15) is 20.0 Å². The molecule has 0 aromatic heterocycles. The Balaban J connectivity index is 2.32. The molecule has 1 aliphatic rings. The van der Waals surface area contributed by atoms with Crippen molar-refractivity contribution in [1.82, 2.24) is 4.90 Å². The van der Waals surface area contributed by atoms with Crippen molar-refractivity contribution in [2.24, 2.45) is 0 Å². The Bertz CT molecular complexity index is 500. The Morgan fingerprint density at radius 2 is 2.30 bits per heavy atom. The number of nitrogens with one attached hydrogen (secondary N) is 1. The first-order valence-corrected chi connectivity index (χ1v) is 6.45. The van der Waals surface area contributed by atoms with Gasteiger partial charge in [0.15, 0.2) is 0 Å². The Morgan fingerprint density at radius 3 is 2.90 bits per heavy atom. The molecule has 0 radical (unpaired) electrons. The molecule has 2 rings (SSSR count). The van der Waals surface area contributed by atoms with Crippen LogP contribution >= 0.6 is 0 Å². The summed E-state index contributed by atoms with van der Waals surface area (Å²) in [5, 5.41) is 23.3. The predicted octanol–water partition coefficient (Wildman–Crippen LogP) is 1.80. The summed E-state index contributed by atoms with van der Waals surface area (Å²) in [6.45, 7) is 1.73. The molecular formula is C13H17N3O4. The maximum absolute atomic E-state index is 11.2. The molecule has 7 nitrogen and oxygen atoms in total. The van der Waals surface area contributed by atoms with Crippen LogP contribution in [0.5, 0.6) is 0 Å². The third kappa shape index (κ3) is 3.05. The first-order chi connectivity index (χ1) is 9.49. The van der Waals surface area contributed by atoms with Gasteiger partial charge in [0.2, 0.25) is 0 Å². The Kier molecular flexibility index (Phi) is 4.19. The number of nitro groups is 1. The number of rotatable bonds is 4. The first-order valence-electron chi connectivity index (χ1n) is 6.45. The number of hydrogen-bond acceptors (Lipinski definition) is 5. The van der Waals surface area contributed by atoms with Crippen molar-refractivity contribution in [3.63, 3.8) is 0 Å². The van der Waals surface area contributed by atoms with Crippen molar-refractivity contribution < 1.29 is 14.8 Å². The van der Waals surface area contributed by atoms with Gasteiger partial charge in [-0.25, -0.2) is 4.79 Å². The fraction of sp³-hybridized carbons (Fsp3) is 0.462. The average molecular weight is 279 g/mol. The molecule has 0 spiro atoms. The van der Waals surface area contributed by atoms with Crippen molar-refractivity contribution in [2.75, 3.05) is 25.5 Å². The molecule has 0 bridgehead atoms. The van der Waals surface area contributed by atoms with Crippen LogP contribution in [0.2, 0.25) is 0 Å². The lowest BCUT2D eigenvalue weighted by atomic mass is 10.0. The highest BCUT2D eigenvalue weighted by atomic mass is 16.6. The molecule has 1 heterocycles. The van der Waals surface area contributed by atoms with Gasteiger partial charge in [0.05, 0.1) is 10.5 Å². The normalized spacial score (nSPS) is 19.6. The Morgan fingerprint density at radius 1 is 1.55 bits per heavy atom. The van der Waals surface area contributed by atoms with Crippen LogP contribution in [0.4, 0.5) is 11.4 Å². The minimum Gasteiger partial charge on any atom is -0.478 e. The third-order valence-electron chi connectivity index (χ3n) is 3.44. The van der Waals surface area contributed by atoms with E-state index in [0.29, 0.717) is 0 Å². The zero-order chi connectivity index (χ0) is 14.7. The van der Waals surface area contributed by atoms with Crippen LogP contribution in [0.3, 0.4) is 0 Å².